The average Bonchev–Trinajstić information content (AvgIpc) is 3.10. The van der Waals surface area contributed by atoms with Gasteiger partial charge in [-0.05, 0) is 38.2 Å². The van der Waals surface area contributed by atoms with E-state index in [-0.39, 0.29) is 24.1 Å². The standard InChI is InChI=1S/C20H30N4O2/c1-3-12-22-18(25)14-23-19(21-2)24-16-13-20(10-6-7-11-20)26-17-9-5-4-8-15(16)17/h4-5,8-9,16H,3,6-7,10-14H2,1-2H3,(H,22,25)(H2,21,23,24). The van der Waals surface area contributed by atoms with Crippen molar-refractivity contribution in [2.75, 3.05) is 20.1 Å². The number of fused-ring (bicyclic) bond motifs is 1. The summed E-state index contributed by atoms with van der Waals surface area (Å²) in [6.07, 6.45) is 6.50. The van der Waals surface area contributed by atoms with Crippen molar-refractivity contribution in [1.82, 2.24) is 16.0 Å². The van der Waals surface area contributed by atoms with E-state index in [4.69, 9.17) is 4.74 Å². The number of benzene rings is 1. The fraction of sp³-hybridized carbons (Fsp3) is 0.600. The van der Waals surface area contributed by atoms with E-state index in [0.717, 1.165) is 37.0 Å². The quantitative estimate of drug-likeness (QED) is 0.558. The number of para-hydroxylation sites is 1. The number of carbonyl (C=O) groups excluding carboxylic acids is 1. The molecule has 3 rings (SSSR count). The number of nitrogens with one attached hydrogen (secondary N) is 3. The van der Waals surface area contributed by atoms with Crippen LogP contribution in [0.25, 0.3) is 0 Å². The van der Waals surface area contributed by atoms with E-state index in [1.807, 2.05) is 19.1 Å². The zero-order valence-corrected chi connectivity index (χ0v) is 15.8. The molecule has 0 aromatic heterocycles. The first-order valence-corrected chi connectivity index (χ1v) is 9.67. The number of carbonyl (C=O) groups is 1. The maximum Gasteiger partial charge on any atom is 0.239 e. The lowest BCUT2D eigenvalue weighted by Crippen LogP contribution is -2.48. The number of guanidine groups is 1. The summed E-state index contributed by atoms with van der Waals surface area (Å²) in [6, 6.07) is 8.35. The van der Waals surface area contributed by atoms with Crippen LogP contribution in [0.1, 0.15) is 57.1 Å². The second-order valence-electron chi connectivity index (χ2n) is 7.21. The molecule has 1 saturated carbocycles. The fourth-order valence-electron chi connectivity index (χ4n) is 3.92. The number of rotatable bonds is 5. The summed E-state index contributed by atoms with van der Waals surface area (Å²) >= 11 is 0. The second kappa shape index (κ2) is 8.43. The third kappa shape index (κ3) is 4.29. The predicted octanol–water partition coefficient (Wildman–Crippen LogP) is 2.51. The second-order valence-corrected chi connectivity index (χ2v) is 7.21. The van der Waals surface area contributed by atoms with Crippen molar-refractivity contribution < 1.29 is 9.53 Å². The van der Waals surface area contributed by atoms with Crippen molar-refractivity contribution in [2.45, 2.75) is 57.1 Å². The monoisotopic (exact) mass is 358 g/mol. The van der Waals surface area contributed by atoms with Gasteiger partial charge in [-0.25, -0.2) is 0 Å². The van der Waals surface area contributed by atoms with Crippen molar-refractivity contribution in [3.05, 3.63) is 29.8 Å². The summed E-state index contributed by atoms with van der Waals surface area (Å²) in [5, 5.41) is 9.49. The predicted molar refractivity (Wildman–Crippen MR) is 103 cm³/mol. The van der Waals surface area contributed by atoms with Crippen LogP contribution in [0.15, 0.2) is 29.3 Å². The Morgan fingerprint density at radius 1 is 1.27 bits per heavy atom. The maximum absolute atomic E-state index is 11.8. The molecule has 1 aromatic rings. The number of ether oxygens (including phenoxy) is 1. The topological polar surface area (TPSA) is 74.8 Å². The van der Waals surface area contributed by atoms with Crippen molar-refractivity contribution in [2.24, 2.45) is 4.99 Å². The van der Waals surface area contributed by atoms with Gasteiger partial charge in [0.2, 0.25) is 5.91 Å². The summed E-state index contributed by atoms with van der Waals surface area (Å²) in [5.41, 5.74) is 1.09. The molecule has 1 unspecified atom stereocenters. The van der Waals surface area contributed by atoms with Gasteiger partial charge in [-0.15, -0.1) is 0 Å². The Labute approximate surface area is 155 Å². The van der Waals surface area contributed by atoms with Gasteiger partial charge in [0.15, 0.2) is 5.96 Å². The molecule has 142 valence electrons. The van der Waals surface area contributed by atoms with Crippen LogP contribution in [-0.2, 0) is 4.79 Å². The van der Waals surface area contributed by atoms with Crippen LogP contribution in [0.2, 0.25) is 0 Å². The minimum atomic E-state index is -0.0661. The van der Waals surface area contributed by atoms with Crippen LogP contribution in [0.5, 0.6) is 5.75 Å². The van der Waals surface area contributed by atoms with Crippen LogP contribution in [0.4, 0.5) is 0 Å². The first-order chi connectivity index (χ1) is 12.7. The summed E-state index contributed by atoms with van der Waals surface area (Å²) in [6.45, 7) is 2.95. The lowest BCUT2D eigenvalue weighted by molar-refractivity contribution is -0.120. The van der Waals surface area contributed by atoms with E-state index in [9.17, 15) is 4.79 Å². The highest BCUT2D eigenvalue weighted by molar-refractivity contribution is 5.86. The van der Waals surface area contributed by atoms with Gasteiger partial charge in [0.25, 0.3) is 0 Å². The molecule has 1 aliphatic carbocycles. The molecule has 1 spiro atoms. The van der Waals surface area contributed by atoms with Crippen molar-refractivity contribution in [1.29, 1.82) is 0 Å². The van der Waals surface area contributed by atoms with Gasteiger partial charge < -0.3 is 20.7 Å². The van der Waals surface area contributed by atoms with Gasteiger partial charge in [-0.1, -0.05) is 25.1 Å². The molecule has 3 N–H and O–H groups in total. The van der Waals surface area contributed by atoms with Crippen LogP contribution >= 0.6 is 0 Å². The van der Waals surface area contributed by atoms with Gasteiger partial charge >= 0.3 is 0 Å². The summed E-state index contributed by atoms with van der Waals surface area (Å²) in [7, 11) is 1.73. The van der Waals surface area contributed by atoms with E-state index < -0.39 is 0 Å². The summed E-state index contributed by atoms with van der Waals surface area (Å²) in [5.74, 6) is 1.59. The molecule has 1 fully saturated rings. The minimum absolute atomic E-state index is 0.0190. The first-order valence-electron chi connectivity index (χ1n) is 9.67. The molecule has 0 saturated heterocycles. The van der Waals surface area contributed by atoms with Gasteiger partial charge in [-0.2, -0.15) is 0 Å². The molecule has 1 atom stereocenters. The number of aliphatic imine (C=N–C) groups is 1. The van der Waals surface area contributed by atoms with E-state index in [1.54, 1.807) is 7.05 Å². The van der Waals surface area contributed by atoms with Crippen molar-refractivity contribution in [3.8, 4) is 5.75 Å². The van der Waals surface area contributed by atoms with Crippen molar-refractivity contribution in [3.63, 3.8) is 0 Å². The van der Waals surface area contributed by atoms with E-state index in [0.29, 0.717) is 12.5 Å². The zero-order chi connectivity index (χ0) is 18.4. The molecular weight excluding hydrogens is 328 g/mol. The highest BCUT2D eigenvalue weighted by atomic mass is 16.5. The smallest absolute Gasteiger partial charge is 0.239 e. The molecule has 0 radical (unpaired) electrons. The molecule has 1 heterocycles. The third-order valence-electron chi connectivity index (χ3n) is 5.23. The van der Waals surface area contributed by atoms with E-state index >= 15 is 0 Å². The van der Waals surface area contributed by atoms with Gasteiger partial charge in [0.1, 0.15) is 11.4 Å². The third-order valence-corrected chi connectivity index (χ3v) is 5.23. The molecule has 26 heavy (non-hydrogen) atoms. The lowest BCUT2D eigenvalue weighted by Gasteiger charge is -2.40. The Hall–Kier alpha value is -2.24. The normalized spacial score (nSPS) is 21.0. The summed E-state index contributed by atoms with van der Waals surface area (Å²) < 4.78 is 6.40. The number of hydrogen-bond donors (Lipinski definition) is 3. The Morgan fingerprint density at radius 2 is 2.04 bits per heavy atom. The Morgan fingerprint density at radius 3 is 2.77 bits per heavy atom. The first kappa shape index (κ1) is 18.5. The molecule has 1 amide bonds. The van der Waals surface area contributed by atoms with Crippen molar-refractivity contribution >= 4 is 11.9 Å². The molecule has 1 aliphatic heterocycles. The van der Waals surface area contributed by atoms with Crippen LogP contribution in [-0.4, -0.2) is 37.6 Å². The maximum atomic E-state index is 11.8. The van der Waals surface area contributed by atoms with Gasteiger partial charge in [0, 0.05) is 25.6 Å². The Kier molecular flexibility index (Phi) is 6.01. The Bertz CT molecular complexity index is 653. The molecular formula is C20H30N4O2. The van der Waals surface area contributed by atoms with Gasteiger partial charge in [0.05, 0.1) is 12.6 Å². The fourth-order valence-corrected chi connectivity index (χ4v) is 3.92. The minimum Gasteiger partial charge on any atom is -0.487 e. The zero-order valence-electron chi connectivity index (χ0n) is 15.8. The molecule has 0 bridgehead atoms. The molecule has 6 nitrogen and oxygen atoms in total. The number of nitrogens with zero attached hydrogens (tertiary/aromatic N) is 1. The van der Waals surface area contributed by atoms with Crippen LogP contribution in [0, 0.1) is 0 Å². The van der Waals surface area contributed by atoms with E-state index in [2.05, 4.69) is 33.1 Å². The molecule has 2 aliphatic rings. The van der Waals surface area contributed by atoms with Gasteiger partial charge in [-0.3, -0.25) is 9.79 Å². The lowest BCUT2D eigenvalue weighted by atomic mass is 9.86. The van der Waals surface area contributed by atoms with E-state index in [1.165, 1.54) is 12.8 Å². The van der Waals surface area contributed by atoms with Crippen LogP contribution in [0.3, 0.4) is 0 Å². The SMILES string of the molecule is CCCNC(=O)CNC(=NC)NC1CC2(CCCC2)Oc2ccccc21. The highest BCUT2D eigenvalue weighted by Gasteiger charge is 2.43. The number of hydrogen-bond acceptors (Lipinski definition) is 3. The number of amides is 1. The summed E-state index contributed by atoms with van der Waals surface area (Å²) in [4.78, 5) is 16.1. The molecule has 6 heteroatoms. The molecule has 1 aromatic carbocycles. The largest absolute Gasteiger partial charge is 0.487 e. The Balaban J connectivity index is 1.67. The average molecular weight is 358 g/mol. The highest BCUT2D eigenvalue weighted by Crippen LogP contribution is 2.46. The van der Waals surface area contributed by atoms with Crippen LogP contribution < -0.4 is 20.7 Å².